The molecule has 0 radical (unpaired) electrons. The SMILES string of the molecule is Cc1ccnc(C2=CCN(C(=O)OC(C)(C)C)CC2)c1. The van der Waals surface area contributed by atoms with Crippen LogP contribution in [0.5, 0.6) is 0 Å². The van der Waals surface area contributed by atoms with E-state index in [4.69, 9.17) is 4.74 Å². The van der Waals surface area contributed by atoms with Crippen LogP contribution in [0, 0.1) is 6.92 Å². The van der Waals surface area contributed by atoms with Gasteiger partial charge in [0, 0.05) is 19.3 Å². The molecule has 0 fully saturated rings. The molecule has 0 bridgehead atoms. The minimum Gasteiger partial charge on any atom is -0.444 e. The Kier molecular flexibility index (Phi) is 4.12. The number of amides is 1. The number of rotatable bonds is 1. The highest BCUT2D eigenvalue weighted by molar-refractivity contribution is 5.71. The van der Waals surface area contributed by atoms with Crippen molar-refractivity contribution in [2.75, 3.05) is 13.1 Å². The van der Waals surface area contributed by atoms with Gasteiger partial charge in [0.1, 0.15) is 5.60 Å². The van der Waals surface area contributed by atoms with Crippen LogP contribution in [-0.4, -0.2) is 34.7 Å². The third-order valence-corrected chi connectivity index (χ3v) is 3.11. The predicted octanol–water partition coefficient (Wildman–Crippen LogP) is 3.41. The second-order valence-electron chi connectivity index (χ2n) is 6.12. The molecule has 0 unspecified atom stereocenters. The van der Waals surface area contributed by atoms with Gasteiger partial charge < -0.3 is 9.64 Å². The average Bonchev–Trinajstić information content (AvgIpc) is 2.37. The van der Waals surface area contributed by atoms with E-state index < -0.39 is 5.60 Å². The molecule has 108 valence electrons. The zero-order valence-electron chi connectivity index (χ0n) is 12.6. The molecular weight excluding hydrogens is 252 g/mol. The van der Waals surface area contributed by atoms with Crippen LogP contribution in [0.4, 0.5) is 4.79 Å². The maximum absolute atomic E-state index is 12.0. The standard InChI is InChI=1S/C16H22N2O2/c1-12-5-8-17-14(11-12)13-6-9-18(10-7-13)15(19)20-16(2,3)4/h5-6,8,11H,7,9-10H2,1-4H3. The lowest BCUT2D eigenvalue weighted by Gasteiger charge is -2.29. The first kappa shape index (κ1) is 14.6. The van der Waals surface area contributed by atoms with Crippen LogP contribution in [-0.2, 0) is 4.74 Å². The summed E-state index contributed by atoms with van der Waals surface area (Å²) in [5.74, 6) is 0. The summed E-state index contributed by atoms with van der Waals surface area (Å²) >= 11 is 0. The predicted molar refractivity (Wildman–Crippen MR) is 79.4 cm³/mol. The summed E-state index contributed by atoms with van der Waals surface area (Å²) in [5.41, 5.74) is 2.96. The van der Waals surface area contributed by atoms with E-state index in [1.807, 2.05) is 33.0 Å². The molecule has 4 heteroatoms. The van der Waals surface area contributed by atoms with Crippen LogP contribution in [0.3, 0.4) is 0 Å². The van der Waals surface area contributed by atoms with E-state index in [0.717, 1.165) is 12.1 Å². The summed E-state index contributed by atoms with van der Waals surface area (Å²) < 4.78 is 5.38. The van der Waals surface area contributed by atoms with Crippen LogP contribution in [0.25, 0.3) is 5.57 Å². The van der Waals surface area contributed by atoms with Gasteiger partial charge in [-0.05, 0) is 57.4 Å². The number of ether oxygens (including phenoxy) is 1. The van der Waals surface area contributed by atoms with Crippen LogP contribution in [0.1, 0.15) is 38.4 Å². The number of hydrogen-bond donors (Lipinski definition) is 0. The van der Waals surface area contributed by atoms with Crippen molar-refractivity contribution in [3.8, 4) is 0 Å². The van der Waals surface area contributed by atoms with Crippen molar-refractivity contribution in [3.05, 3.63) is 35.7 Å². The molecule has 0 saturated heterocycles. The number of carbonyl (C=O) groups excluding carboxylic acids is 1. The van der Waals surface area contributed by atoms with E-state index >= 15 is 0 Å². The first-order chi connectivity index (χ1) is 9.35. The van der Waals surface area contributed by atoms with E-state index in [0.29, 0.717) is 13.1 Å². The van der Waals surface area contributed by atoms with E-state index in [9.17, 15) is 4.79 Å². The zero-order valence-corrected chi connectivity index (χ0v) is 12.6. The van der Waals surface area contributed by atoms with Gasteiger partial charge in [-0.3, -0.25) is 4.98 Å². The number of aromatic nitrogens is 1. The number of carbonyl (C=O) groups is 1. The molecule has 0 aliphatic carbocycles. The Hall–Kier alpha value is -1.84. The summed E-state index contributed by atoms with van der Waals surface area (Å²) in [6.45, 7) is 8.96. The molecule has 2 heterocycles. The van der Waals surface area contributed by atoms with Gasteiger partial charge in [0.15, 0.2) is 0 Å². The van der Waals surface area contributed by atoms with Crippen molar-refractivity contribution in [1.82, 2.24) is 9.88 Å². The molecule has 1 aliphatic rings. The third kappa shape index (κ3) is 3.83. The molecule has 1 amide bonds. The molecule has 0 N–H and O–H groups in total. The van der Waals surface area contributed by atoms with Gasteiger partial charge in [0.2, 0.25) is 0 Å². The van der Waals surface area contributed by atoms with E-state index in [1.54, 1.807) is 4.90 Å². The normalized spacial score (nSPS) is 15.8. The highest BCUT2D eigenvalue weighted by Crippen LogP contribution is 2.22. The first-order valence-corrected chi connectivity index (χ1v) is 6.95. The highest BCUT2D eigenvalue weighted by atomic mass is 16.6. The average molecular weight is 274 g/mol. The lowest BCUT2D eigenvalue weighted by molar-refractivity contribution is 0.0270. The van der Waals surface area contributed by atoms with Crippen LogP contribution < -0.4 is 0 Å². The smallest absolute Gasteiger partial charge is 0.410 e. The largest absolute Gasteiger partial charge is 0.444 e. The summed E-state index contributed by atoms with van der Waals surface area (Å²) in [4.78, 5) is 18.1. The fourth-order valence-corrected chi connectivity index (χ4v) is 2.11. The molecule has 0 atom stereocenters. The molecule has 0 saturated carbocycles. The highest BCUT2D eigenvalue weighted by Gasteiger charge is 2.23. The number of pyridine rings is 1. The van der Waals surface area contributed by atoms with E-state index in [1.165, 1.54) is 11.1 Å². The summed E-state index contributed by atoms with van der Waals surface area (Å²) in [7, 11) is 0. The number of nitrogens with zero attached hydrogens (tertiary/aromatic N) is 2. The molecule has 0 aromatic carbocycles. The Morgan fingerprint density at radius 1 is 1.40 bits per heavy atom. The van der Waals surface area contributed by atoms with Gasteiger partial charge in [-0.25, -0.2) is 4.79 Å². The second kappa shape index (κ2) is 5.65. The first-order valence-electron chi connectivity index (χ1n) is 6.95. The number of hydrogen-bond acceptors (Lipinski definition) is 3. The Balaban J connectivity index is 2.02. The van der Waals surface area contributed by atoms with Gasteiger partial charge in [-0.1, -0.05) is 6.08 Å². The Morgan fingerprint density at radius 2 is 2.15 bits per heavy atom. The fourth-order valence-electron chi connectivity index (χ4n) is 2.11. The van der Waals surface area contributed by atoms with Gasteiger partial charge in [-0.2, -0.15) is 0 Å². The zero-order chi connectivity index (χ0) is 14.8. The summed E-state index contributed by atoms with van der Waals surface area (Å²) in [5, 5.41) is 0. The molecule has 1 aromatic rings. The second-order valence-corrected chi connectivity index (χ2v) is 6.12. The molecule has 1 aromatic heterocycles. The molecule has 1 aliphatic heterocycles. The topological polar surface area (TPSA) is 42.4 Å². The van der Waals surface area contributed by atoms with Crippen LogP contribution >= 0.6 is 0 Å². The van der Waals surface area contributed by atoms with Gasteiger partial charge in [0.05, 0.1) is 5.69 Å². The molecule has 20 heavy (non-hydrogen) atoms. The lowest BCUT2D eigenvalue weighted by Crippen LogP contribution is -2.39. The van der Waals surface area contributed by atoms with Gasteiger partial charge in [-0.15, -0.1) is 0 Å². The molecule has 4 nitrogen and oxygen atoms in total. The molecular formula is C16H22N2O2. The summed E-state index contributed by atoms with van der Waals surface area (Å²) in [6, 6.07) is 4.06. The minimum absolute atomic E-state index is 0.245. The van der Waals surface area contributed by atoms with Crippen molar-refractivity contribution in [2.24, 2.45) is 0 Å². The maximum Gasteiger partial charge on any atom is 0.410 e. The van der Waals surface area contributed by atoms with Crippen molar-refractivity contribution in [2.45, 2.75) is 39.7 Å². The lowest BCUT2D eigenvalue weighted by atomic mass is 10.0. The van der Waals surface area contributed by atoms with Crippen molar-refractivity contribution in [1.29, 1.82) is 0 Å². The Labute approximate surface area is 120 Å². The Morgan fingerprint density at radius 3 is 2.70 bits per heavy atom. The van der Waals surface area contributed by atoms with Crippen LogP contribution in [0.15, 0.2) is 24.4 Å². The van der Waals surface area contributed by atoms with Crippen molar-refractivity contribution < 1.29 is 9.53 Å². The van der Waals surface area contributed by atoms with E-state index in [-0.39, 0.29) is 6.09 Å². The van der Waals surface area contributed by atoms with Gasteiger partial charge >= 0.3 is 6.09 Å². The minimum atomic E-state index is -0.445. The maximum atomic E-state index is 12.0. The van der Waals surface area contributed by atoms with E-state index in [2.05, 4.69) is 24.1 Å². The van der Waals surface area contributed by atoms with Crippen molar-refractivity contribution >= 4 is 11.7 Å². The molecule has 0 spiro atoms. The van der Waals surface area contributed by atoms with Crippen LogP contribution in [0.2, 0.25) is 0 Å². The van der Waals surface area contributed by atoms with Crippen molar-refractivity contribution in [3.63, 3.8) is 0 Å². The Bertz CT molecular complexity index is 530. The third-order valence-electron chi connectivity index (χ3n) is 3.11. The quantitative estimate of drug-likeness (QED) is 0.788. The fraction of sp³-hybridized carbons (Fsp3) is 0.500. The number of aryl methyl sites for hydroxylation is 1. The monoisotopic (exact) mass is 274 g/mol. The van der Waals surface area contributed by atoms with Gasteiger partial charge in [0.25, 0.3) is 0 Å². The molecule has 2 rings (SSSR count). The summed E-state index contributed by atoms with van der Waals surface area (Å²) in [6.07, 6.45) is 4.46.